The summed E-state index contributed by atoms with van der Waals surface area (Å²) in [5.74, 6) is -0.324. The largest absolute Gasteiger partial charge is 0.497 e. The smallest absolute Gasteiger partial charge is 0.306 e. The summed E-state index contributed by atoms with van der Waals surface area (Å²) in [4.78, 5) is 10.9. The van der Waals surface area contributed by atoms with Crippen LogP contribution in [0.4, 0.5) is 0 Å². The van der Waals surface area contributed by atoms with E-state index < -0.39 is 11.6 Å². The summed E-state index contributed by atoms with van der Waals surface area (Å²) in [5.41, 5.74) is 0.0855. The third-order valence-corrected chi connectivity index (χ3v) is 4.04. The molecule has 1 saturated carbocycles. The van der Waals surface area contributed by atoms with E-state index in [-0.39, 0.29) is 12.5 Å². The number of carboxylic acids is 1. The standard InChI is InChI=1S/C16H22O5/c1-20-14-4-2-3-12(9-14)10-21-11-16(19)7-5-13(6-8-16)15(17)18/h2-4,9,13,19H,5-8,10-11H2,1H3,(H,17,18). The molecule has 0 saturated heterocycles. The lowest BCUT2D eigenvalue weighted by Gasteiger charge is -2.34. The number of ether oxygens (including phenoxy) is 2. The second kappa shape index (κ2) is 6.91. The van der Waals surface area contributed by atoms with Gasteiger partial charge in [-0.25, -0.2) is 0 Å². The molecule has 0 heterocycles. The van der Waals surface area contributed by atoms with Crippen LogP contribution in [0.1, 0.15) is 31.2 Å². The van der Waals surface area contributed by atoms with E-state index in [4.69, 9.17) is 14.6 Å². The first-order valence-corrected chi connectivity index (χ1v) is 7.18. The number of rotatable bonds is 6. The van der Waals surface area contributed by atoms with E-state index in [1.807, 2.05) is 24.3 Å². The zero-order valence-electron chi connectivity index (χ0n) is 12.2. The van der Waals surface area contributed by atoms with Gasteiger partial charge in [-0.1, -0.05) is 12.1 Å². The fourth-order valence-corrected chi connectivity index (χ4v) is 2.67. The lowest BCUT2D eigenvalue weighted by molar-refractivity contribution is -0.146. The topological polar surface area (TPSA) is 76.0 Å². The van der Waals surface area contributed by atoms with Crippen molar-refractivity contribution in [3.63, 3.8) is 0 Å². The quantitative estimate of drug-likeness (QED) is 0.841. The second-order valence-corrected chi connectivity index (χ2v) is 5.68. The van der Waals surface area contributed by atoms with Crippen LogP contribution in [-0.4, -0.2) is 35.5 Å². The molecule has 1 fully saturated rings. The number of aliphatic hydroxyl groups is 1. The number of benzene rings is 1. The molecular weight excluding hydrogens is 272 g/mol. The summed E-state index contributed by atoms with van der Waals surface area (Å²) in [5, 5.41) is 19.4. The van der Waals surface area contributed by atoms with Crippen molar-refractivity contribution in [1.29, 1.82) is 0 Å². The molecule has 5 heteroatoms. The summed E-state index contributed by atoms with van der Waals surface area (Å²) in [6.45, 7) is 0.637. The van der Waals surface area contributed by atoms with Crippen molar-refractivity contribution in [3.8, 4) is 5.75 Å². The number of methoxy groups -OCH3 is 1. The van der Waals surface area contributed by atoms with Crippen LogP contribution in [0, 0.1) is 5.92 Å². The highest BCUT2D eigenvalue weighted by molar-refractivity contribution is 5.70. The monoisotopic (exact) mass is 294 g/mol. The van der Waals surface area contributed by atoms with Gasteiger partial charge in [0.1, 0.15) is 5.75 Å². The van der Waals surface area contributed by atoms with Crippen LogP contribution in [0.15, 0.2) is 24.3 Å². The molecule has 0 amide bonds. The van der Waals surface area contributed by atoms with Gasteiger partial charge in [-0.2, -0.15) is 0 Å². The maximum Gasteiger partial charge on any atom is 0.306 e. The number of hydrogen-bond donors (Lipinski definition) is 2. The SMILES string of the molecule is COc1cccc(COCC2(O)CCC(C(=O)O)CC2)c1. The van der Waals surface area contributed by atoms with Gasteiger partial charge in [0.05, 0.1) is 31.8 Å². The van der Waals surface area contributed by atoms with Gasteiger partial charge in [-0.15, -0.1) is 0 Å². The maximum atomic E-state index is 10.9. The highest BCUT2D eigenvalue weighted by Crippen LogP contribution is 2.32. The van der Waals surface area contributed by atoms with Crippen molar-refractivity contribution in [2.45, 2.75) is 37.9 Å². The Morgan fingerprint density at radius 1 is 1.38 bits per heavy atom. The minimum absolute atomic E-state index is 0.233. The summed E-state index contributed by atoms with van der Waals surface area (Å²) >= 11 is 0. The zero-order chi connectivity index (χ0) is 15.3. The Hall–Kier alpha value is -1.59. The summed E-state index contributed by atoms with van der Waals surface area (Å²) in [6, 6.07) is 7.59. The molecule has 1 aliphatic rings. The highest BCUT2D eigenvalue weighted by Gasteiger charge is 2.35. The summed E-state index contributed by atoms with van der Waals surface area (Å²) < 4.78 is 10.7. The van der Waals surface area contributed by atoms with E-state index in [0.717, 1.165) is 11.3 Å². The first kappa shape index (κ1) is 15.8. The molecular formula is C16H22O5. The predicted molar refractivity (Wildman–Crippen MR) is 77.2 cm³/mol. The number of aliphatic carboxylic acids is 1. The van der Waals surface area contributed by atoms with Crippen LogP contribution in [0.3, 0.4) is 0 Å². The first-order valence-electron chi connectivity index (χ1n) is 7.18. The minimum atomic E-state index is -0.898. The summed E-state index contributed by atoms with van der Waals surface area (Å²) in [6.07, 6.45) is 1.97. The average Bonchev–Trinajstić information content (AvgIpc) is 2.48. The molecule has 2 N–H and O–H groups in total. The Morgan fingerprint density at radius 2 is 2.10 bits per heavy atom. The Balaban J connectivity index is 1.79. The van der Waals surface area contributed by atoms with Crippen LogP contribution < -0.4 is 4.74 Å². The van der Waals surface area contributed by atoms with E-state index in [0.29, 0.717) is 32.3 Å². The first-order chi connectivity index (χ1) is 10.0. The van der Waals surface area contributed by atoms with Crippen molar-refractivity contribution in [2.24, 2.45) is 5.92 Å². The molecule has 5 nitrogen and oxygen atoms in total. The van der Waals surface area contributed by atoms with E-state index in [1.165, 1.54) is 0 Å². The molecule has 0 radical (unpaired) electrons. The predicted octanol–water partition coefficient (Wildman–Crippen LogP) is 2.22. The fourth-order valence-electron chi connectivity index (χ4n) is 2.67. The number of carboxylic acid groups (broad SMARTS) is 1. The zero-order valence-corrected chi connectivity index (χ0v) is 12.2. The minimum Gasteiger partial charge on any atom is -0.497 e. The fraction of sp³-hybridized carbons (Fsp3) is 0.562. The van der Waals surface area contributed by atoms with Gasteiger partial charge in [0.25, 0.3) is 0 Å². The summed E-state index contributed by atoms with van der Waals surface area (Å²) in [7, 11) is 1.61. The molecule has 2 rings (SSSR count). The normalized spacial score (nSPS) is 25.5. The molecule has 0 aromatic heterocycles. The van der Waals surface area contributed by atoms with Gasteiger partial charge >= 0.3 is 5.97 Å². The van der Waals surface area contributed by atoms with Crippen molar-refractivity contribution >= 4 is 5.97 Å². The third-order valence-electron chi connectivity index (χ3n) is 4.04. The van der Waals surface area contributed by atoms with E-state index in [1.54, 1.807) is 7.11 Å². The van der Waals surface area contributed by atoms with Crippen molar-refractivity contribution < 1.29 is 24.5 Å². The Kier molecular flexibility index (Phi) is 5.20. The van der Waals surface area contributed by atoms with Crippen molar-refractivity contribution in [1.82, 2.24) is 0 Å². The van der Waals surface area contributed by atoms with E-state index in [2.05, 4.69) is 0 Å². The van der Waals surface area contributed by atoms with Gasteiger partial charge in [-0.05, 0) is 43.4 Å². The van der Waals surface area contributed by atoms with Crippen LogP contribution in [-0.2, 0) is 16.1 Å². The van der Waals surface area contributed by atoms with Gasteiger partial charge in [-0.3, -0.25) is 4.79 Å². The van der Waals surface area contributed by atoms with Crippen LogP contribution in [0.2, 0.25) is 0 Å². The lowest BCUT2D eigenvalue weighted by atomic mass is 9.79. The Bertz CT molecular complexity index is 477. The third kappa shape index (κ3) is 4.44. The van der Waals surface area contributed by atoms with Gasteiger partial charge < -0.3 is 19.7 Å². The molecule has 0 aliphatic heterocycles. The number of hydrogen-bond acceptors (Lipinski definition) is 4. The molecule has 0 atom stereocenters. The van der Waals surface area contributed by atoms with Gasteiger partial charge in [0, 0.05) is 0 Å². The maximum absolute atomic E-state index is 10.9. The molecule has 21 heavy (non-hydrogen) atoms. The molecule has 0 unspecified atom stereocenters. The van der Waals surface area contributed by atoms with Crippen molar-refractivity contribution in [2.75, 3.05) is 13.7 Å². The highest BCUT2D eigenvalue weighted by atomic mass is 16.5. The van der Waals surface area contributed by atoms with Crippen LogP contribution >= 0.6 is 0 Å². The van der Waals surface area contributed by atoms with Crippen molar-refractivity contribution in [3.05, 3.63) is 29.8 Å². The Labute approximate surface area is 124 Å². The van der Waals surface area contributed by atoms with E-state index in [9.17, 15) is 9.90 Å². The molecule has 0 bridgehead atoms. The molecule has 0 spiro atoms. The van der Waals surface area contributed by atoms with Crippen LogP contribution in [0.5, 0.6) is 5.75 Å². The molecule has 1 aromatic carbocycles. The molecule has 1 aliphatic carbocycles. The lowest BCUT2D eigenvalue weighted by Crippen LogP contribution is -2.40. The molecule has 1 aromatic rings. The second-order valence-electron chi connectivity index (χ2n) is 5.68. The van der Waals surface area contributed by atoms with Gasteiger partial charge in [0.2, 0.25) is 0 Å². The van der Waals surface area contributed by atoms with Crippen LogP contribution in [0.25, 0.3) is 0 Å². The number of carbonyl (C=O) groups is 1. The molecule has 116 valence electrons. The van der Waals surface area contributed by atoms with E-state index >= 15 is 0 Å². The average molecular weight is 294 g/mol. The van der Waals surface area contributed by atoms with Gasteiger partial charge in [0.15, 0.2) is 0 Å². The Morgan fingerprint density at radius 3 is 2.71 bits per heavy atom.